The minimum Gasteiger partial charge on any atom is -0.496 e. The van der Waals surface area contributed by atoms with Gasteiger partial charge in [0, 0.05) is 11.8 Å². The third-order valence-corrected chi connectivity index (χ3v) is 3.37. The lowest BCUT2D eigenvalue weighted by Crippen LogP contribution is -1.92. The van der Waals surface area contributed by atoms with E-state index < -0.39 is 0 Å². The molecule has 3 aromatic rings. The second kappa shape index (κ2) is 4.94. The average molecular weight is 273 g/mol. The quantitative estimate of drug-likeness (QED) is 0.679. The minimum absolute atomic E-state index is 0.401. The summed E-state index contributed by atoms with van der Waals surface area (Å²) in [5.41, 5.74) is 3.70. The van der Waals surface area contributed by atoms with Crippen LogP contribution in [-0.4, -0.2) is 16.5 Å². The molecule has 4 heteroatoms. The summed E-state index contributed by atoms with van der Waals surface area (Å²) >= 11 is 6.10. The molecule has 0 aliphatic carbocycles. The summed E-state index contributed by atoms with van der Waals surface area (Å²) in [7, 11) is 1.66. The van der Waals surface area contributed by atoms with Gasteiger partial charge in [0.05, 0.1) is 24.4 Å². The molecule has 0 fully saturated rings. The number of fused-ring (bicyclic) bond motifs is 1. The van der Waals surface area contributed by atoms with E-state index in [-0.39, 0.29) is 0 Å². The summed E-state index contributed by atoms with van der Waals surface area (Å²) in [5.74, 6) is 1.20. The fraction of sp³-hybridized carbons (Fsp3) is 0.133. The number of alkyl halides is 1. The van der Waals surface area contributed by atoms with Crippen LogP contribution in [0, 0.1) is 0 Å². The van der Waals surface area contributed by atoms with Crippen molar-refractivity contribution in [1.82, 2.24) is 9.38 Å². The van der Waals surface area contributed by atoms with Gasteiger partial charge in [-0.2, -0.15) is 0 Å². The lowest BCUT2D eigenvalue weighted by atomic mass is 10.1. The van der Waals surface area contributed by atoms with E-state index in [4.69, 9.17) is 16.3 Å². The van der Waals surface area contributed by atoms with Crippen molar-refractivity contribution in [3.05, 3.63) is 54.4 Å². The van der Waals surface area contributed by atoms with E-state index in [1.54, 1.807) is 7.11 Å². The van der Waals surface area contributed by atoms with E-state index in [0.717, 1.165) is 28.3 Å². The number of aromatic nitrogens is 2. The van der Waals surface area contributed by atoms with Gasteiger partial charge in [0.25, 0.3) is 0 Å². The number of ether oxygens (including phenoxy) is 1. The van der Waals surface area contributed by atoms with Crippen LogP contribution in [0.5, 0.6) is 5.75 Å². The SMILES string of the molecule is COc1ccccc1-c1nc2ccccn2c1CCl. The maximum absolute atomic E-state index is 6.10. The molecule has 96 valence electrons. The predicted molar refractivity (Wildman–Crippen MR) is 76.7 cm³/mol. The van der Waals surface area contributed by atoms with Crippen LogP contribution in [0.25, 0.3) is 16.9 Å². The number of nitrogens with zero attached hydrogens (tertiary/aromatic N) is 2. The van der Waals surface area contributed by atoms with Crippen LogP contribution in [-0.2, 0) is 5.88 Å². The molecule has 0 spiro atoms. The van der Waals surface area contributed by atoms with Crippen molar-refractivity contribution in [2.24, 2.45) is 0 Å². The second-order valence-corrected chi connectivity index (χ2v) is 4.44. The van der Waals surface area contributed by atoms with Gasteiger partial charge in [-0.3, -0.25) is 0 Å². The smallest absolute Gasteiger partial charge is 0.137 e. The van der Waals surface area contributed by atoms with Gasteiger partial charge >= 0.3 is 0 Å². The van der Waals surface area contributed by atoms with Gasteiger partial charge in [0.15, 0.2) is 0 Å². The summed E-state index contributed by atoms with van der Waals surface area (Å²) in [4.78, 5) is 4.66. The molecule has 0 saturated heterocycles. The summed E-state index contributed by atoms with van der Waals surface area (Å²) in [6.07, 6.45) is 1.97. The normalized spacial score (nSPS) is 10.8. The summed E-state index contributed by atoms with van der Waals surface area (Å²) < 4.78 is 7.41. The van der Waals surface area contributed by atoms with Crippen LogP contribution >= 0.6 is 11.6 Å². The standard InChI is InChI=1S/C15H13ClN2O/c1-19-13-7-3-2-6-11(13)15-12(10-16)18-9-5-4-8-14(18)17-15/h2-9H,10H2,1H3. The number of methoxy groups -OCH3 is 1. The summed E-state index contributed by atoms with van der Waals surface area (Å²) in [6.45, 7) is 0. The number of benzene rings is 1. The van der Waals surface area contributed by atoms with Gasteiger partial charge in [-0.1, -0.05) is 18.2 Å². The number of halogens is 1. The van der Waals surface area contributed by atoms with Gasteiger partial charge in [-0.25, -0.2) is 4.98 Å². The first-order valence-electron chi connectivity index (χ1n) is 6.00. The Morgan fingerprint density at radius 1 is 1.16 bits per heavy atom. The number of pyridine rings is 1. The highest BCUT2D eigenvalue weighted by Crippen LogP contribution is 2.32. The third-order valence-electron chi connectivity index (χ3n) is 3.12. The van der Waals surface area contributed by atoms with Gasteiger partial charge < -0.3 is 9.14 Å². The molecule has 19 heavy (non-hydrogen) atoms. The first kappa shape index (κ1) is 12.1. The van der Waals surface area contributed by atoms with Crippen LogP contribution in [0.4, 0.5) is 0 Å². The maximum atomic E-state index is 6.10. The molecular weight excluding hydrogens is 260 g/mol. The molecule has 0 amide bonds. The lowest BCUT2D eigenvalue weighted by Gasteiger charge is -2.07. The van der Waals surface area contributed by atoms with Crippen LogP contribution in [0.3, 0.4) is 0 Å². The van der Waals surface area contributed by atoms with Crippen LogP contribution in [0.15, 0.2) is 48.7 Å². The number of imidazole rings is 1. The van der Waals surface area contributed by atoms with E-state index in [1.165, 1.54) is 0 Å². The zero-order valence-electron chi connectivity index (χ0n) is 10.5. The number of hydrogen-bond acceptors (Lipinski definition) is 2. The molecular formula is C15H13ClN2O. The number of hydrogen-bond donors (Lipinski definition) is 0. The van der Waals surface area contributed by atoms with E-state index in [1.807, 2.05) is 53.1 Å². The Hall–Kier alpha value is -2.00. The monoisotopic (exact) mass is 272 g/mol. The molecule has 0 atom stereocenters. The molecule has 2 aromatic heterocycles. The van der Waals surface area contributed by atoms with Crippen molar-refractivity contribution in [1.29, 1.82) is 0 Å². The van der Waals surface area contributed by atoms with Crippen molar-refractivity contribution >= 4 is 17.2 Å². The minimum atomic E-state index is 0.401. The molecule has 0 N–H and O–H groups in total. The highest BCUT2D eigenvalue weighted by atomic mass is 35.5. The van der Waals surface area contributed by atoms with Crippen LogP contribution in [0.2, 0.25) is 0 Å². The Labute approximate surface area is 116 Å². The third kappa shape index (κ3) is 1.96. The van der Waals surface area contributed by atoms with Crippen molar-refractivity contribution < 1.29 is 4.74 Å². The van der Waals surface area contributed by atoms with Crippen molar-refractivity contribution in [3.8, 4) is 17.0 Å². The maximum Gasteiger partial charge on any atom is 0.137 e. The Morgan fingerprint density at radius 2 is 1.95 bits per heavy atom. The molecule has 0 aliphatic heterocycles. The Balaban J connectivity index is 2.30. The largest absolute Gasteiger partial charge is 0.496 e. The fourth-order valence-electron chi connectivity index (χ4n) is 2.23. The molecule has 3 rings (SSSR count). The second-order valence-electron chi connectivity index (χ2n) is 4.17. The van der Waals surface area contributed by atoms with Crippen LogP contribution < -0.4 is 4.74 Å². The Bertz CT molecular complexity index is 721. The molecule has 0 bridgehead atoms. The molecule has 0 aliphatic rings. The molecule has 0 saturated carbocycles. The highest BCUT2D eigenvalue weighted by Gasteiger charge is 2.15. The topological polar surface area (TPSA) is 26.5 Å². The van der Waals surface area contributed by atoms with Gasteiger partial charge in [-0.15, -0.1) is 11.6 Å². The van der Waals surface area contributed by atoms with Crippen molar-refractivity contribution in [3.63, 3.8) is 0 Å². The number of para-hydroxylation sites is 1. The van der Waals surface area contributed by atoms with Gasteiger partial charge in [-0.05, 0) is 24.3 Å². The lowest BCUT2D eigenvalue weighted by molar-refractivity contribution is 0.416. The van der Waals surface area contributed by atoms with Crippen molar-refractivity contribution in [2.45, 2.75) is 5.88 Å². The molecule has 0 unspecified atom stereocenters. The van der Waals surface area contributed by atoms with E-state index >= 15 is 0 Å². The zero-order valence-corrected chi connectivity index (χ0v) is 11.3. The highest BCUT2D eigenvalue weighted by molar-refractivity contribution is 6.17. The molecule has 3 nitrogen and oxygen atoms in total. The zero-order chi connectivity index (χ0) is 13.2. The first-order valence-corrected chi connectivity index (χ1v) is 6.54. The average Bonchev–Trinajstić information content (AvgIpc) is 2.85. The van der Waals surface area contributed by atoms with E-state index in [0.29, 0.717) is 5.88 Å². The molecule has 0 radical (unpaired) electrons. The van der Waals surface area contributed by atoms with Gasteiger partial charge in [0.2, 0.25) is 0 Å². The molecule has 2 heterocycles. The Kier molecular flexibility index (Phi) is 3.13. The fourth-order valence-corrected chi connectivity index (χ4v) is 2.49. The van der Waals surface area contributed by atoms with E-state index in [2.05, 4.69) is 4.98 Å². The van der Waals surface area contributed by atoms with Gasteiger partial charge in [0.1, 0.15) is 11.4 Å². The molecule has 1 aromatic carbocycles. The van der Waals surface area contributed by atoms with E-state index in [9.17, 15) is 0 Å². The predicted octanol–water partition coefficient (Wildman–Crippen LogP) is 3.75. The summed E-state index contributed by atoms with van der Waals surface area (Å²) in [5, 5.41) is 0. The first-order chi connectivity index (χ1) is 9.35. The Morgan fingerprint density at radius 3 is 2.74 bits per heavy atom. The number of rotatable bonds is 3. The van der Waals surface area contributed by atoms with Crippen molar-refractivity contribution in [2.75, 3.05) is 7.11 Å². The van der Waals surface area contributed by atoms with Crippen LogP contribution in [0.1, 0.15) is 5.69 Å². The summed E-state index contributed by atoms with van der Waals surface area (Å²) in [6, 6.07) is 13.7.